The van der Waals surface area contributed by atoms with Crippen LogP contribution >= 0.6 is 23.2 Å². The monoisotopic (exact) mass is 313 g/mol. The predicted octanol–water partition coefficient (Wildman–Crippen LogP) is 3.69. The van der Waals surface area contributed by atoms with Crippen molar-refractivity contribution in [3.63, 3.8) is 0 Å². The van der Waals surface area contributed by atoms with E-state index in [0.717, 1.165) is 0 Å². The first kappa shape index (κ1) is 14.8. The summed E-state index contributed by atoms with van der Waals surface area (Å²) in [6.07, 6.45) is 0. The normalized spacial score (nSPS) is 10.6. The summed E-state index contributed by atoms with van der Waals surface area (Å²) in [7, 11) is 0. The SMILES string of the molecule is CCOCc1nc(N)cc(Oc2cc(Cl)ccc2Cl)n1. The van der Waals surface area contributed by atoms with E-state index in [1.165, 1.54) is 6.07 Å². The van der Waals surface area contributed by atoms with Gasteiger partial charge in [-0.25, -0.2) is 4.98 Å². The van der Waals surface area contributed by atoms with Gasteiger partial charge in [-0.3, -0.25) is 0 Å². The maximum atomic E-state index is 6.03. The standard InChI is InChI=1S/C13H13Cl2N3O2/c1-2-19-7-12-17-11(16)6-13(18-12)20-10-5-8(14)3-4-9(10)15/h3-6H,2,7H2,1H3,(H2,16,17,18). The lowest BCUT2D eigenvalue weighted by Gasteiger charge is -2.09. The molecule has 5 nitrogen and oxygen atoms in total. The number of benzene rings is 1. The van der Waals surface area contributed by atoms with Crippen LogP contribution in [0.3, 0.4) is 0 Å². The molecule has 2 aromatic rings. The van der Waals surface area contributed by atoms with Crippen LogP contribution < -0.4 is 10.5 Å². The number of nitrogens with two attached hydrogens (primary N) is 1. The molecule has 0 bridgehead atoms. The van der Waals surface area contributed by atoms with Crippen molar-refractivity contribution in [3.05, 3.63) is 40.1 Å². The summed E-state index contributed by atoms with van der Waals surface area (Å²) in [5.41, 5.74) is 5.71. The summed E-state index contributed by atoms with van der Waals surface area (Å²) in [6.45, 7) is 2.71. The van der Waals surface area contributed by atoms with Crippen molar-refractivity contribution in [2.75, 3.05) is 12.3 Å². The van der Waals surface area contributed by atoms with E-state index in [-0.39, 0.29) is 12.5 Å². The number of aromatic nitrogens is 2. The van der Waals surface area contributed by atoms with Gasteiger partial charge in [0.1, 0.15) is 18.2 Å². The van der Waals surface area contributed by atoms with Crippen molar-refractivity contribution in [2.45, 2.75) is 13.5 Å². The molecule has 1 heterocycles. The Labute approximate surface area is 126 Å². The average Bonchev–Trinajstić information content (AvgIpc) is 2.40. The lowest BCUT2D eigenvalue weighted by Crippen LogP contribution is -2.03. The van der Waals surface area contributed by atoms with Crippen molar-refractivity contribution in [2.24, 2.45) is 0 Å². The Morgan fingerprint density at radius 1 is 1.20 bits per heavy atom. The molecule has 1 aromatic heterocycles. The molecule has 2 N–H and O–H groups in total. The maximum Gasteiger partial charge on any atom is 0.224 e. The van der Waals surface area contributed by atoms with Gasteiger partial charge in [0.15, 0.2) is 5.82 Å². The molecule has 0 aliphatic heterocycles. The lowest BCUT2D eigenvalue weighted by molar-refractivity contribution is 0.128. The van der Waals surface area contributed by atoms with E-state index in [2.05, 4.69) is 9.97 Å². The van der Waals surface area contributed by atoms with Gasteiger partial charge < -0.3 is 15.2 Å². The third kappa shape index (κ3) is 3.96. The van der Waals surface area contributed by atoms with Gasteiger partial charge in [-0.15, -0.1) is 0 Å². The van der Waals surface area contributed by atoms with Crippen molar-refractivity contribution in [1.29, 1.82) is 0 Å². The first-order valence-electron chi connectivity index (χ1n) is 5.92. The molecule has 0 aliphatic rings. The van der Waals surface area contributed by atoms with Crippen LogP contribution in [-0.4, -0.2) is 16.6 Å². The smallest absolute Gasteiger partial charge is 0.224 e. The fourth-order valence-electron chi connectivity index (χ4n) is 1.47. The Morgan fingerprint density at radius 3 is 2.75 bits per heavy atom. The van der Waals surface area contributed by atoms with Crippen LogP contribution in [0.2, 0.25) is 10.0 Å². The number of hydrogen-bond acceptors (Lipinski definition) is 5. The van der Waals surface area contributed by atoms with Gasteiger partial charge in [-0.1, -0.05) is 23.2 Å². The number of nitrogen functional groups attached to an aromatic ring is 1. The summed E-state index contributed by atoms with van der Waals surface area (Å²) < 4.78 is 10.8. The van der Waals surface area contributed by atoms with Gasteiger partial charge in [0.2, 0.25) is 5.88 Å². The van der Waals surface area contributed by atoms with Crippen LogP contribution in [0.15, 0.2) is 24.3 Å². The van der Waals surface area contributed by atoms with E-state index in [1.54, 1.807) is 18.2 Å². The number of halogens is 2. The maximum absolute atomic E-state index is 6.03. The summed E-state index contributed by atoms with van der Waals surface area (Å²) in [4.78, 5) is 8.25. The number of anilines is 1. The van der Waals surface area contributed by atoms with E-state index in [0.29, 0.717) is 34.0 Å². The van der Waals surface area contributed by atoms with Crippen molar-refractivity contribution >= 4 is 29.0 Å². The Balaban J connectivity index is 2.24. The second-order valence-corrected chi connectivity index (χ2v) is 4.70. The topological polar surface area (TPSA) is 70.3 Å². The molecule has 0 unspecified atom stereocenters. The minimum atomic E-state index is 0.265. The third-order valence-electron chi connectivity index (χ3n) is 2.31. The molecule has 0 aliphatic carbocycles. The molecule has 0 atom stereocenters. The van der Waals surface area contributed by atoms with E-state index in [9.17, 15) is 0 Å². The van der Waals surface area contributed by atoms with Crippen LogP contribution in [0.5, 0.6) is 11.6 Å². The fraction of sp³-hybridized carbons (Fsp3) is 0.231. The van der Waals surface area contributed by atoms with Gasteiger partial charge in [0.25, 0.3) is 0 Å². The number of hydrogen-bond donors (Lipinski definition) is 1. The van der Waals surface area contributed by atoms with Crippen molar-refractivity contribution < 1.29 is 9.47 Å². The molecule has 106 valence electrons. The van der Waals surface area contributed by atoms with Crippen LogP contribution in [0.1, 0.15) is 12.7 Å². The van der Waals surface area contributed by atoms with Gasteiger partial charge in [0.05, 0.1) is 5.02 Å². The highest BCUT2D eigenvalue weighted by atomic mass is 35.5. The van der Waals surface area contributed by atoms with E-state index in [1.807, 2.05) is 6.92 Å². The molecule has 0 saturated heterocycles. The zero-order valence-electron chi connectivity index (χ0n) is 10.8. The summed E-state index contributed by atoms with van der Waals surface area (Å²) in [5, 5.41) is 0.943. The predicted molar refractivity (Wildman–Crippen MR) is 78.3 cm³/mol. The molecular formula is C13H13Cl2N3O2. The highest BCUT2D eigenvalue weighted by Crippen LogP contribution is 2.31. The fourth-order valence-corrected chi connectivity index (χ4v) is 1.79. The Kier molecular flexibility index (Phi) is 5.00. The van der Waals surface area contributed by atoms with Crippen molar-refractivity contribution in [3.8, 4) is 11.6 Å². The van der Waals surface area contributed by atoms with E-state index < -0.39 is 0 Å². The van der Waals surface area contributed by atoms with Crippen molar-refractivity contribution in [1.82, 2.24) is 9.97 Å². The Morgan fingerprint density at radius 2 is 2.00 bits per heavy atom. The quantitative estimate of drug-likeness (QED) is 0.911. The first-order valence-corrected chi connectivity index (χ1v) is 6.68. The van der Waals surface area contributed by atoms with Gasteiger partial charge in [-0.05, 0) is 19.1 Å². The van der Waals surface area contributed by atoms with Gasteiger partial charge >= 0.3 is 0 Å². The summed E-state index contributed by atoms with van der Waals surface area (Å²) in [6, 6.07) is 6.42. The van der Waals surface area contributed by atoms with Gasteiger partial charge in [0, 0.05) is 23.8 Å². The average molecular weight is 314 g/mol. The highest BCUT2D eigenvalue weighted by Gasteiger charge is 2.08. The molecule has 20 heavy (non-hydrogen) atoms. The second kappa shape index (κ2) is 6.74. The van der Waals surface area contributed by atoms with Crippen LogP contribution in [0.25, 0.3) is 0 Å². The zero-order valence-corrected chi connectivity index (χ0v) is 12.3. The molecule has 7 heteroatoms. The molecule has 1 aromatic carbocycles. The Bertz CT molecular complexity index is 608. The number of ether oxygens (including phenoxy) is 2. The van der Waals surface area contributed by atoms with E-state index >= 15 is 0 Å². The van der Waals surface area contributed by atoms with Gasteiger partial charge in [-0.2, -0.15) is 4.98 Å². The first-order chi connectivity index (χ1) is 9.58. The summed E-state index contributed by atoms with van der Waals surface area (Å²) >= 11 is 11.9. The Hall–Kier alpha value is -1.56. The molecule has 0 saturated carbocycles. The number of nitrogens with zero attached hydrogens (tertiary/aromatic N) is 2. The minimum Gasteiger partial charge on any atom is -0.437 e. The molecular weight excluding hydrogens is 301 g/mol. The molecule has 2 rings (SSSR count). The number of rotatable bonds is 5. The third-order valence-corrected chi connectivity index (χ3v) is 2.86. The van der Waals surface area contributed by atoms with E-state index in [4.69, 9.17) is 38.4 Å². The van der Waals surface area contributed by atoms with Crippen LogP contribution in [0.4, 0.5) is 5.82 Å². The molecule has 0 spiro atoms. The second-order valence-electron chi connectivity index (χ2n) is 3.86. The zero-order chi connectivity index (χ0) is 14.5. The molecule has 0 amide bonds. The molecule has 0 fully saturated rings. The lowest BCUT2D eigenvalue weighted by atomic mass is 10.3. The highest BCUT2D eigenvalue weighted by molar-refractivity contribution is 6.34. The minimum absolute atomic E-state index is 0.265. The van der Waals surface area contributed by atoms with Crippen LogP contribution in [-0.2, 0) is 11.3 Å². The molecule has 0 radical (unpaired) electrons. The summed E-state index contributed by atoms with van der Waals surface area (Å²) in [5.74, 6) is 1.43. The van der Waals surface area contributed by atoms with Crippen LogP contribution in [0, 0.1) is 0 Å². The largest absolute Gasteiger partial charge is 0.437 e.